The number of amides is 2. The van der Waals surface area contributed by atoms with E-state index in [-0.39, 0.29) is 21.2 Å². The summed E-state index contributed by atoms with van der Waals surface area (Å²) in [5.74, 6) is -1.25. The number of fused-ring (bicyclic) bond motifs is 2. The number of hydrogen-bond donors (Lipinski definition) is 2. The van der Waals surface area contributed by atoms with Crippen molar-refractivity contribution in [1.29, 1.82) is 0 Å². The summed E-state index contributed by atoms with van der Waals surface area (Å²) in [4.78, 5) is 33.3. The summed E-state index contributed by atoms with van der Waals surface area (Å²) in [6, 6.07) is 11.2. The number of carbonyl (C=O) groups is 2. The summed E-state index contributed by atoms with van der Waals surface area (Å²) in [5, 5.41) is 1.86. The van der Waals surface area contributed by atoms with Crippen LogP contribution in [0.15, 0.2) is 58.6 Å². The van der Waals surface area contributed by atoms with Gasteiger partial charge in [-0.2, -0.15) is 0 Å². The molecule has 4 N–H and O–H groups in total. The number of hydrogen-bond acceptors (Lipinski definition) is 6. The minimum Gasteiger partial charge on any atom is -0.366 e. The van der Waals surface area contributed by atoms with E-state index >= 15 is 0 Å². The van der Waals surface area contributed by atoms with Crippen molar-refractivity contribution < 1.29 is 9.59 Å². The molecule has 4 rings (SSSR count). The second-order valence-electron chi connectivity index (χ2n) is 6.22. The second kappa shape index (κ2) is 8.31. The Morgan fingerprint density at radius 1 is 0.733 bits per heavy atom. The van der Waals surface area contributed by atoms with Gasteiger partial charge in [0.2, 0.25) is 0 Å². The van der Waals surface area contributed by atoms with Crippen molar-refractivity contribution in [2.24, 2.45) is 11.5 Å². The van der Waals surface area contributed by atoms with Crippen LogP contribution in [-0.2, 0) is 0 Å². The van der Waals surface area contributed by atoms with Crippen LogP contribution < -0.4 is 11.5 Å². The Labute approximate surface area is 188 Å². The summed E-state index contributed by atoms with van der Waals surface area (Å²) in [6.45, 7) is 0. The van der Waals surface area contributed by atoms with Crippen molar-refractivity contribution in [1.82, 2.24) is 9.97 Å². The molecule has 10 heteroatoms. The van der Waals surface area contributed by atoms with Crippen LogP contribution in [-0.4, -0.2) is 21.8 Å². The van der Waals surface area contributed by atoms with E-state index in [0.29, 0.717) is 21.8 Å². The molecule has 2 heterocycles. The number of nitrogens with zero attached hydrogens (tertiary/aromatic N) is 2. The number of rotatable bonds is 5. The van der Waals surface area contributed by atoms with E-state index in [2.05, 4.69) is 9.97 Å². The third-order valence-corrected chi connectivity index (χ3v) is 7.51. The number of nitrogens with two attached hydrogens (primary N) is 2. The maximum absolute atomic E-state index is 11.5. The van der Waals surface area contributed by atoms with Gasteiger partial charge in [-0.25, -0.2) is 0 Å². The third kappa shape index (κ3) is 3.91. The van der Waals surface area contributed by atoms with Gasteiger partial charge in [0, 0.05) is 33.0 Å². The number of pyridine rings is 2. The normalized spacial score (nSPS) is 11.1. The highest BCUT2D eigenvalue weighted by Crippen LogP contribution is 2.41. The summed E-state index contributed by atoms with van der Waals surface area (Å²) >= 11 is 12.7. The number of halogens is 2. The van der Waals surface area contributed by atoms with Crippen LogP contribution in [0.4, 0.5) is 0 Å². The number of benzene rings is 2. The van der Waals surface area contributed by atoms with Gasteiger partial charge in [0.15, 0.2) is 0 Å². The van der Waals surface area contributed by atoms with Gasteiger partial charge in [0.25, 0.3) is 11.8 Å². The maximum atomic E-state index is 11.5. The van der Waals surface area contributed by atoms with Crippen molar-refractivity contribution in [3.8, 4) is 0 Å². The molecule has 0 fully saturated rings. The van der Waals surface area contributed by atoms with E-state index in [1.807, 2.05) is 36.4 Å². The molecule has 0 saturated carbocycles. The lowest BCUT2D eigenvalue weighted by molar-refractivity contribution is 0.0991. The van der Waals surface area contributed by atoms with Crippen LogP contribution in [0, 0.1) is 0 Å². The SMILES string of the molecule is NC(=O)c1cnc2ccc(SSc3ccc4ncc(C(N)=O)c(Cl)c4c3)cc2c1Cl. The molecule has 0 atom stereocenters. The van der Waals surface area contributed by atoms with E-state index in [4.69, 9.17) is 34.7 Å². The van der Waals surface area contributed by atoms with Crippen molar-refractivity contribution >= 4 is 78.4 Å². The molecule has 0 radical (unpaired) electrons. The first kappa shape index (κ1) is 20.7. The van der Waals surface area contributed by atoms with Crippen LogP contribution in [0.1, 0.15) is 20.7 Å². The predicted octanol–water partition coefficient (Wildman–Crippen LogP) is 5.09. The molecule has 0 aliphatic heterocycles. The lowest BCUT2D eigenvalue weighted by atomic mass is 10.1. The molecule has 150 valence electrons. The number of aromatic nitrogens is 2. The van der Waals surface area contributed by atoms with Crippen LogP contribution in [0.5, 0.6) is 0 Å². The molecule has 4 aromatic rings. The largest absolute Gasteiger partial charge is 0.366 e. The lowest BCUT2D eigenvalue weighted by Crippen LogP contribution is -2.12. The van der Waals surface area contributed by atoms with Crippen molar-refractivity contribution in [3.63, 3.8) is 0 Å². The monoisotopic (exact) mass is 474 g/mol. The first-order chi connectivity index (χ1) is 14.3. The van der Waals surface area contributed by atoms with Crippen LogP contribution in [0.2, 0.25) is 10.0 Å². The van der Waals surface area contributed by atoms with Gasteiger partial charge in [-0.05, 0) is 36.4 Å². The van der Waals surface area contributed by atoms with Crippen molar-refractivity contribution in [2.75, 3.05) is 0 Å². The lowest BCUT2D eigenvalue weighted by Gasteiger charge is -2.08. The van der Waals surface area contributed by atoms with E-state index < -0.39 is 11.8 Å². The second-order valence-corrected chi connectivity index (χ2v) is 9.26. The highest BCUT2D eigenvalue weighted by molar-refractivity contribution is 8.76. The number of carbonyl (C=O) groups excluding carboxylic acids is 2. The highest BCUT2D eigenvalue weighted by atomic mass is 35.5. The Morgan fingerprint density at radius 2 is 1.13 bits per heavy atom. The van der Waals surface area contributed by atoms with E-state index in [1.165, 1.54) is 34.0 Å². The van der Waals surface area contributed by atoms with Gasteiger partial charge in [0.05, 0.1) is 32.2 Å². The first-order valence-electron chi connectivity index (χ1n) is 8.46. The molecule has 0 spiro atoms. The summed E-state index contributed by atoms with van der Waals surface area (Å²) < 4.78 is 0. The fourth-order valence-corrected chi connectivity index (χ4v) is 5.38. The van der Waals surface area contributed by atoms with Gasteiger partial charge in [-0.15, -0.1) is 0 Å². The fraction of sp³-hybridized carbons (Fsp3) is 0. The zero-order chi connectivity index (χ0) is 21.4. The first-order valence-corrected chi connectivity index (χ1v) is 11.4. The molecule has 0 bridgehead atoms. The smallest absolute Gasteiger partial charge is 0.251 e. The molecular formula is C20H12Cl2N4O2S2. The maximum Gasteiger partial charge on any atom is 0.251 e. The molecule has 0 aliphatic rings. The predicted molar refractivity (Wildman–Crippen MR) is 122 cm³/mol. The van der Waals surface area contributed by atoms with Crippen LogP contribution >= 0.6 is 44.8 Å². The van der Waals surface area contributed by atoms with Gasteiger partial charge in [-0.1, -0.05) is 44.8 Å². The Morgan fingerprint density at radius 3 is 1.50 bits per heavy atom. The quantitative estimate of drug-likeness (QED) is 0.389. The van der Waals surface area contributed by atoms with Crippen LogP contribution in [0.3, 0.4) is 0 Å². The zero-order valence-corrected chi connectivity index (χ0v) is 18.2. The van der Waals surface area contributed by atoms with E-state index in [1.54, 1.807) is 0 Å². The Bertz CT molecular complexity index is 1240. The summed E-state index contributed by atoms with van der Waals surface area (Å²) in [5.41, 5.74) is 12.4. The summed E-state index contributed by atoms with van der Waals surface area (Å²) in [6.07, 6.45) is 2.75. The van der Waals surface area contributed by atoms with Gasteiger partial charge >= 0.3 is 0 Å². The Hall–Kier alpha value is -2.52. The summed E-state index contributed by atoms with van der Waals surface area (Å²) in [7, 11) is 2.99. The van der Waals surface area contributed by atoms with Crippen molar-refractivity contribution in [3.05, 3.63) is 70.0 Å². The van der Waals surface area contributed by atoms with Crippen LogP contribution in [0.25, 0.3) is 21.8 Å². The fourth-order valence-electron chi connectivity index (χ4n) is 2.82. The van der Waals surface area contributed by atoms with Gasteiger partial charge in [0.1, 0.15) is 0 Å². The third-order valence-electron chi connectivity index (χ3n) is 4.31. The zero-order valence-electron chi connectivity index (χ0n) is 15.1. The number of primary amides is 2. The van der Waals surface area contributed by atoms with E-state index in [0.717, 1.165) is 9.79 Å². The minimum absolute atomic E-state index is 0.181. The molecule has 0 unspecified atom stereocenters. The Balaban J connectivity index is 1.64. The minimum atomic E-state index is -0.626. The molecular weight excluding hydrogens is 463 g/mol. The molecule has 0 aliphatic carbocycles. The van der Waals surface area contributed by atoms with Gasteiger partial charge in [-0.3, -0.25) is 19.6 Å². The average Bonchev–Trinajstić information content (AvgIpc) is 2.72. The highest BCUT2D eigenvalue weighted by Gasteiger charge is 2.14. The standard InChI is InChI=1S/C20H12Cl2N4O2S2/c21-17-11-5-9(1-3-15(11)25-7-13(17)19(23)27)29-30-10-2-4-16-12(6-10)18(22)14(8-26-16)20(24)28/h1-8H,(H2,23,27)(H2,24,28). The van der Waals surface area contributed by atoms with E-state index in [9.17, 15) is 9.59 Å². The molecule has 0 saturated heterocycles. The van der Waals surface area contributed by atoms with Crippen molar-refractivity contribution in [2.45, 2.75) is 9.79 Å². The topological polar surface area (TPSA) is 112 Å². The molecule has 2 aromatic heterocycles. The molecule has 30 heavy (non-hydrogen) atoms. The Kier molecular flexibility index (Phi) is 5.75. The molecule has 2 aromatic carbocycles. The average molecular weight is 475 g/mol. The van der Waals surface area contributed by atoms with Gasteiger partial charge < -0.3 is 11.5 Å². The molecule has 2 amide bonds. The molecule has 6 nitrogen and oxygen atoms in total.